The Kier molecular flexibility index (Phi) is 4.68. The molecule has 0 fully saturated rings. The number of anilines is 1. The maximum absolute atomic E-state index is 11.1. The van der Waals surface area contributed by atoms with Crippen molar-refractivity contribution in [2.75, 3.05) is 11.9 Å². The van der Waals surface area contributed by atoms with Crippen LogP contribution >= 0.6 is 0 Å². The van der Waals surface area contributed by atoms with Gasteiger partial charge in [0.15, 0.2) is 0 Å². The largest absolute Gasteiger partial charge is 0.494 e. The molecule has 0 saturated heterocycles. The van der Waals surface area contributed by atoms with Gasteiger partial charge in [-0.05, 0) is 30.7 Å². The van der Waals surface area contributed by atoms with Gasteiger partial charge < -0.3 is 10.1 Å². The SMILES string of the molecule is CCCOc1ccc(NC(=O)CC)cc1. The first-order valence-electron chi connectivity index (χ1n) is 5.29. The van der Waals surface area contributed by atoms with E-state index in [1.807, 2.05) is 31.2 Å². The first-order valence-corrected chi connectivity index (χ1v) is 5.29. The molecular formula is C12H17NO2. The van der Waals surface area contributed by atoms with E-state index in [1.54, 1.807) is 0 Å². The van der Waals surface area contributed by atoms with Gasteiger partial charge in [-0.2, -0.15) is 0 Å². The minimum atomic E-state index is 0.0252. The van der Waals surface area contributed by atoms with E-state index in [0.29, 0.717) is 6.42 Å². The molecule has 3 nitrogen and oxygen atoms in total. The number of carbonyl (C=O) groups is 1. The zero-order valence-corrected chi connectivity index (χ0v) is 9.25. The Labute approximate surface area is 90.4 Å². The minimum Gasteiger partial charge on any atom is -0.494 e. The van der Waals surface area contributed by atoms with Crippen molar-refractivity contribution in [1.29, 1.82) is 0 Å². The third kappa shape index (κ3) is 4.02. The van der Waals surface area contributed by atoms with Crippen molar-refractivity contribution in [2.24, 2.45) is 0 Å². The second-order valence-corrected chi connectivity index (χ2v) is 3.27. The lowest BCUT2D eigenvalue weighted by Gasteiger charge is -2.06. The molecule has 0 spiro atoms. The first kappa shape index (κ1) is 11.6. The molecule has 1 aromatic rings. The molecule has 1 rings (SSSR count). The van der Waals surface area contributed by atoms with Gasteiger partial charge >= 0.3 is 0 Å². The monoisotopic (exact) mass is 207 g/mol. The fraction of sp³-hybridized carbons (Fsp3) is 0.417. The summed E-state index contributed by atoms with van der Waals surface area (Å²) in [6.45, 7) is 4.62. The van der Waals surface area contributed by atoms with Gasteiger partial charge in [-0.1, -0.05) is 13.8 Å². The topological polar surface area (TPSA) is 38.3 Å². The standard InChI is InChI=1S/C12H17NO2/c1-3-9-15-11-7-5-10(6-8-11)13-12(14)4-2/h5-8H,3-4,9H2,1-2H3,(H,13,14). The Morgan fingerprint density at radius 2 is 1.93 bits per heavy atom. The number of nitrogens with one attached hydrogen (secondary N) is 1. The second-order valence-electron chi connectivity index (χ2n) is 3.27. The van der Waals surface area contributed by atoms with Crippen molar-refractivity contribution in [3.8, 4) is 5.75 Å². The zero-order chi connectivity index (χ0) is 11.1. The van der Waals surface area contributed by atoms with E-state index in [-0.39, 0.29) is 5.91 Å². The predicted octanol–water partition coefficient (Wildman–Crippen LogP) is 2.82. The lowest BCUT2D eigenvalue weighted by molar-refractivity contribution is -0.115. The fourth-order valence-electron chi connectivity index (χ4n) is 1.10. The molecule has 1 N–H and O–H groups in total. The molecule has 0 unspecified atom stereocenters. The molecule has 0 saturated carbocycles. The van der Waals surface area contributed by atoms with E-state index in [9.17, 15) is 4.79 Å². The molecule has 0 aliphatic carbocycles. The molecule has 0 atom stereocenters. The van der Waals surface area contributed by atoms with Crippen LogP contribution in [0.1, 0.15) is 26.7 Å². The minimum absolute atomic E-state index is 0.0252. The van der Waals surface area contributed by atoms with E-state index in [2.05, 4.69) is 12.2 Å². The Morgan fingerprint density at radius 1 is 1.27 bits per heavy atom. The average molecular weight is 207 g/mol. The van der Waals surface area contributed by atoms with Crippen LogP contribution in [0.3, 0.4) is 0 Å². The van der Waals surface area contributed by atoms with E-state index < -0.39 is 0 Å². The lowest BCUT2D eigenvalue weighted by atomic mass is 10.3. The summed E-state index contributed by atoms with van der Waals surface area (Å²) in [4.78, 5) is 11.1. The molecule has 3 heteroatoms. The summed E-state index contributed by atoms with van der Waals surface area (Å²) in [5.41, 5.74) is 0.811. The number of benzene rings is 1. The molecule has 0 radical (unpaired) electrons. The highest BCUT2D eigenvalue weighted by Crippen LogP contribution is 2.15. The van der Waals surface area contributed by atoms with Crippen LogP contribution in [-0.4, -0.2) is 12.5 Å². The van der Waals surface area contributed by atoms with E-state index in [4.69, 9.17) is 4.74 Å². The quantitative estimate of drug-likeness (QED) is 0.806. The Hall–Kier alpha value is -1.51. The van der Waals surface area contributed by atoms with E-state index in [1.165, 1.54) is 0 Å². The van der Waals surface area contributed by atoms with Crippen LogP contribution < -0.4 is 10.1 Å². The number of carbonyl (C=O) groups excluding carboxylic acids is 1. The molecular weight excluding hydrogens is 190 g/mol. The zero-order valence-electron chi connectivity index (χ0n) is 9.25. The molecule has 0 heterocycles. The fourth-order valence-corrected chi connectivity index (χ4v) is 1.10. The number of hydrogen-bond donors (Lipinski definition) is 1. The van der Waals surface area contributed by atoms with Crippen molar-refractivity contribution < 1.29 is 9.53 Å². The van der Waals surface area contributed by atoms with Crippen molar-refractivity contribution in [1.82, 2.24) is 0 Å². The van der Waals surface area contributed by atoms with Crippen LogP contribution in [0.15, 0.2) is 24.3 Å². The number of rotatable bonds is 5. The van der Waals surface area contributed by atoms with Crippen LogP contribution in [0, 0.1) is 0 Å². The molecule has 0 aliphatic rings. The lowest BCUT2D eigenvalue weighted by Crippen LogP contribution is -2.09. The van der Waals surface area contributed by atoms with Gasteiger partial charge in [0.2, 0.25) is 5.91 Å². The Morgan fingerprint density at radius 3 is 2.47 bits per heavy atom. The van der Waals surface area contributed by atoms with Gasteiger partial charge in [-0.15, -0.1) is 0 Å². The summed E-state index contributed by atoms with van der Waals surface area (Å²) in [5, 5.41) is 2.78. The Balaban J connectivity index is 2.52. The summed E-state index contributed by atoms with van der Waals surface area (Å²) >= 11 is 0. The van der Waals surface area contributed by atoms with Crippen LogP contribution in [0.25, 0.3) is 0 Å². The highest BCUT2D eigenvalue weighted by atomic mass is 16.5. The summed E-state index contributed by atoms with van der Waals surface area (Å²) < 4.78 is 5.43. The number of amides is 1. The number of ether oxygens (including phenoxy) is 1. The van der Waals surface area contributed by atoms with Gasteiger partial charge in [-0.3, -0.25) is 4.79 Å². The molecule has 1 amide bonds. The molecule has 1 aromatic carbocycles. The van der Waals surface area contributed by atoms with Crippen LogP contribution in [-0.2, 0) is 4.79 Å². The maximum Gasteiger partial charge on any atom is 0.224 e. The Bertz CT molecular complexity index is 306. The number of hydrogen-bond acceptors (Lipinski definition) is 2. The smallest absolute Gasteiger partial charge is 0.224 e. The van der Waals surface area contributed by atoms with Crippen molar-refractivity contribution >= 4 is 11.6 Å². The molecule has 0 aliphatic heterocycles. The highest BCUT2D eigenvalue weighted by Gasteiger charge is 1.98. The first-order chi connectivity index (χ1) is 7.26. The summed E-state index contributed by atoms with van der Waals surface area (Å²) in [7, 11) is 0. The third-order valence-electron chi connectivity index (χ3n) is 1.93. The van der Waals surface area contributed by atoms with Gasteiger partial charge in [0, 0.05) is 12.1 Å². The average Bonchev–Trinajstić information content (AvgIpc) is 2.28. The second kappa shape index (κ2) is 6.06. The highest BCUT2D eigenvalue weighted by molar-refractivity contribution is 5.90. The predicted molar refractivity (Wildman–Crippen MR) is 61.1 cm³/mol. The van der Waals surface area contributed by atoms with E-state index in [0.717, 1.165) is 24.5 Å². The van der Waals surface area contributed by atoms with Gasteiger partial charge in [0.05, 0.1) is 6.61 Å². The van der Waals surface area contributed by atoms with Gasteiger partial charge in [-0.25, -0.2) is 0 Å². The van der Waals surface area contributed by atoms with Gasteiger partial charge in [0.25, 0.3) is 0 Å². The molecule has 15 heavy (non-hydrogen) atoms. The van der Waals surface area contributed by atoms with Crippen LogP contribution in [0.2, 0.25) is 0 Å². The van der Waals surface area contributed by atoms with Crippen LogP contribution in [0.4, 0.5) is 5.69 Å². The summed E-state index contributed by atoms with van der Waals surface area (Å²) in [5.74, 6) is 0.864. The van der Waals surface area contributed by atoms with Crippen molar-refractivity contribution in [3.05, 3.63) is 24.3 Å². The third-order valence-corrected chi connectivity index (χ3v) is 1.93. The van der Waals surface area contributed by atoms with E-state index >= 15 is 0 Å². The maximum atomic E-state index is 11.1. The molecule has 0 aromatic heterocycles. The van der Waals surface area contributed by atoms with Crippen molar-refractivity contribution in [3.63, 3.8) is 0 Å². The molecule has 0 bridgehead atoms. The van der Waals surface area contributed by atoms with Crippen LogP contribution in [0.5, 0.6) is 5.75 Å². The molecule has 82 valence electrons. The summed E-state index contributed by atoms with van der Waals surface area (Å²) in [6, 6.07) is 7.42. The van der Waals surface area contributed by atoms with Gasteiger partial charge in [0.1, 0.15) is 5.75 Å². The summed E-state index contributed by atoms with van der Waals surface area (Å²) in [6.07, 6.45) is 1.49. The van der Waals surface area contributed by atoms with Crippen molar-refractivity contribution in [2.45, 2.75) is 26.7 Å². The normalized spacial score (nSPS) is 9.73.